The molecule has 0 radical (unpaired) electrons. The van der Waals surface area contributed by atoms with Gasteiger partial charge in [0.1, 0.15) is 9.92 Å². The van der Waals surface area contributed by atoms with Crippen molar-refractivity contribution in [1.29, 1.82) is 0 Å². The lowest BCUT2D eigenvalue weighted by molar-refractivity contribution is -0.384. The molecule has 0 heterocycles. The Morgan fingerprint density at radius 1 is 1.28 bits per heavy atom. The summed E-state index contributed by atoms with van der Waals surface area (Å²) in [5.41, 5.74) is -0.714. The fourth-order valence-corrected chi connectivity index (χ4v) is 3.71. The quantitative estimate of drug-likeness (QED) is 0.423. The summed E-state index contributed by atoms with van der Waals surface area (Å²) in [6.45, 7) is 0. The van der Waals surface area contributed by atoms with Crippen molar-refractivity contribution in [3.63, 3.8) is 0 Å². The molecule has 0 saturated heterocycles. The molecule has 0 aliphatic heterocycles. The van der Waals surface area contributed by atoms with Crippen molar-refractivity contribution < 1.29 is 22.9 Å². The molecule has 0 aliphatic carbocycles. The van der Waals surface area contributed by atoms with Gasteiger partial charge < -0.3 is 4.74 Å². The van der Waals surface area contributed by atoms with Crippen molar-refractivity contribution in [3.8, 4) is 0 Å². The van der Waals surface area contributed by atoms with Gasteiger partial charge in [-0.3, -0.25) is 14.8 Å². The van der Waals surface area contributed by atoms with Crippen LogP contribution in [0.25, 0.3) is 0 Å². The Labute approximate surface area is 156 Å². The SMILES string of the molecule is COC(=O)c1cc(Br)ccc1S(=O)(=O)Nc1ccc(Cl)c([N+](=O)[O-])c1. The molecular formula is C14H10BrClN2O6S. The van der Waals surface area contributed by atoms with E-state index < -0.39 is 26.6 Å². The molecule has 0 atom stereocenters. The second-order valence-corrected chi connectivity index (χ2v) is 7.63. The summed E-state index contributed by atoms with van der Waals surface area (Å²) in [5, 5.41) is 10.8. The van der Waals surface area contributed by atoms with Crippen molar-refractivity contribution >= 4 is 54.9 Å². The first-order valence-electron chi connectivity index (χ1n) is 6.50. The summed E-state index contributed by atoms with van der Waals surface area (Å²) < 4.78 is 32.4. The van der Waals surface area contributed by atoms with E-state index in [1.54, 1.807) is 0 Å². The Hall–Kier alpha value is -2.17. The highest BCUT2D eigenvalue weighted by Crippen LogP contribution is 2.29. The number of esters is 1. The number of ether oxygens (including phenoxy) is 1. The zero-order chi connectivity index (χ0) is 18.8. The molecule has 0 aliphatic rings. The largest absolute Gasteiger partial charge is 0.465 e. The highest BCUT2D eigenvalue weighted by molar-refractivity contribution is 9.10. The van der Waals surface area contributed by atoms with Gasteiger partial charge in [0, 0.05) is 10.5 Å². The van der Waals surface area contributed by atoms with Crippen LogP contribution in [0, 0.1) is 10.1 Å². The lowest BCUT2D eigenvalue weighted by Gasteiger charge is -2.12. The number of carbonyl (C=O) groups excluding carboxylic acids is 1. The van der Waals surface area contributed by atoms with Crippen molar-refractivity contribution in [2.24, 2.45) is 0 Å². The standard InChI is InChI=1S/C14H10BrClN2O6S/c1-24-14(19)10-6-8(15)2-5-13(10)25(22,23)17-9-3-4-11(16)12(7-9)18(20)21/h2-7,17H,1H3. The van der Waals surface area contributed by atoms with Crippen LogP contribution in [0.4, 0.5) is 11.4 Å². The van der Waals surface area contributed by atoms with Gasteiger partial charge in [0.2, 0.25) is 0 Å². The van der Waals surface area contributed by atoms with E-state index in [2.05, 4.69) is 25.4 Å². The monoisotopic (exact) mass is 448 g/mol. The lowest BCUT2D eigenvalue weighted by atomic mass is 10.2. The molecule has 0 amide bonds. The molecule has 11 heteroatoms. The van der Waals surface area contributed by atoms with E-state index in [0.29, 0.717) is 4.47 Å². The minimum atomic E-state index is -4.21. The van der Waals surface area contributed by atoms with E-state index in [-0.39, 0.29) is 21.2 Å². The van der Waals surface area contributed by atoms with E-state index in [9.17, 15) is 23.3 Å². The maximum Gasteiger partial charge on any atom is 0.339 e. The van der Waals surface area contributed by atoms with Gasteiger partial charge in [-0.15, -0.1) is 0 Å². The van der Waals surface area contributed by atoms with E-state index in [1.165, 1.54) is 30.3 Å². The Morgan fingerprint density at radius 2 is 1.96 bits per heavy atom. The van der Waals surface area contributed by atoms with Gasteiger partial charge in [-0.1, -0.05) is 27.5 Å². The van der Waals surface area contributed by atoms with Crippen LogP contribution < -0.4 is 4.72 Å². The third-order valence-corrected chi connectivity index (χ3v) is 5.28. The molecule has 0 spiro atoms. The minimum absolute atomic E-state index is 0.0742. The summed E-state index contributed by atoms with van der Waals surface area (Å²) in [6.07, 6.45) is 0. The number of nitro benzene ring substituents is 1. The number of sulfonamides is 1. The molecule has 132 valence electrons. The van der Waals surface area contributed by atoms with Gasteiger partial charge in [0.05, 0.1) is 23.3 Å². The lowest BCUT2D eigenvalue weighted by Crippen LogP contribution is -2.17. The molecule has 0 unspecified atom stereocenters. The third-order valence-electron chi connectivity index (χ3n) is 3.03. The van der Waals surface area contributed by atoms with Crippen LogP contribution >= 0.6 is 27.5 Å². The van der Waals surface area contributed by atoms with Gasteiger partial charge in [-0.2, -0.15) is 0 Å². The maximum atomic E-state index is 12.6. The van der Waals surface area contributed by atoms with Gasteiger partial charge in [0.25, 0.3) is 15.7 Å². The van der Waals surface area contributed by atoms with Crippen molar-refractivity contribution in [3.05, 3.63) is 61.6 Å². The summed E-state index contributed by atoms with van der Waals surface area (Å²) in [7, 11) is -3.09. The van der Waals surface area contributed by atoms with Crippen molar-refractivity contribution in [2.45, 2.75) is 4.90 Å². The number of nitrogens with one attached hydrogen (secondary N) is 1. The second-order valence-electron chi connectivity index (χ2n) is 4.66. The van der Waals surface area contributed by atoms with Crippen LogP contribution in [0.15, 0.2) is 45.8 Å². The Morgan fingerprint density at radius 3 is 2.56 bits per heavy atom. The van der Waals surface area contributed by atoms with Crippen molar-refractivity contribution in [1.82, 2.24) is 0 Å². The summed E-state index contributed by atoms with van der Waals surface area (Å²) in [4.78, 5) is 21.7. The number of hydrogen-bond donors (Lipinski definition) is 1. The predicted molar refractivity (Wildman–Crippen MR) is 94.4 cm³/mol. The molecule has 0 fully saturated rings. The Kier molecular flexibility index (Phi) is 5.65. The van der Waals surface area contributed by atoms with Crippen LogP contribution in [0.3, 0.4) is 0 Å². The number of nitro groups is 1. The molecule has 8 nitrogen and oxygen atoms in total. The second kappa shape index (κ2) is 7.38. The average Bonchev–Trinajstić information content (AvgIpc) is 2.55. The number of methoxy groups -OCH3 is 1. The first kappa shape index (κ1) is 19.2. The first-order chi connectivity index (χ1) is 11.7. The normalized spacial score (nSPS) is 11.0. The van der Waals surface area contributed by atoms with Gasteiger partial charge >= 0.3 is 5.97 Å². The molecule has 2 aromatic rings. The topological polar surface area (TPSA) is 116 Å². The van der Waals surface area contributed by atoms with Crippen LogP contribution in [-0.4, -0.2) is 26.4 Å². The number of nitrogens with zero attached hydrogens (tertiary/aromatic N) is 1. The van der Waals surface area contributed by atoms with Gasteiger partial charge in [0.15, 0.2) is 0 Å². The first-order valence-corrected chi connectivity index (χ1v) is 9.15. The number of rotatable bonds is 5. The minimum Gasteiger partial charge on any atom is -0.465 e. The summed E-state index contributed by atoms with van der Waals surface area (Å²) in [6, 6.07) is 7.39. The molecule has 1 N–H and O–H groups in total. The highest BCUT2D eigenvalue weighted by Gasteiger charge is 2.24. The van der Waals surface area contributed by atoms with Crippen LogP contribution in [0.1, 0.15) is 10.4 Å². The van der Waals surface area contributed by atoms with Crippen LogP contribution in [0.5, 0.6) is 0 Å². The van der Waals surface area contributed by atoms with E-state index in [0.717, 1.165) is 13.2 Å². The van der Waals surface area contributed by atoms with Crippen LogP contribution in [-0.2, 0) is 14.8 Å². The zero-order valence-electron chi connectivity index (χ0n) is 12.5. The third kappa shape index (κ3) is 4.27. The molecule has 0 saturated carbocycles. The summed E-state index contributed by atoms with van der Waals surface area (Å²) in [5.74, 6) is -0.844. The Balaban J connectivity index is 2.49. The predicted octanol–water partition coefficient (Wildman–Crippen LogP) is 3.60. The molecule has 0 bridgehead atoms. The maximum absolute atomic E-state index is 12.6. The van der Waals surface area contributed by atoms with Crippen LogP contribution in [0.2, 0.25) is 5.02 Å². The summed E-state index contributed by atoms with van der Waals surface area (Å²) >= 11 is 8.85. The number of hydrogen-bond acceptors (Lipinski definition) is 6. The van der Waals surface area contributed by atoms with Gasteiger partial charge in [-0.25, -0.2) is 13.2 Å². The van der Waals surface area contributed by atoms with E-state index in [4.69, 9.17) is 11.6 Å². The van der Waals surface area contributed by atoms with Gasteiger partial charge in [-0.05, 0) is 30.3 Å². The Bertz CT molecular complexity index is 964. The number of halogens is 2. The van der Waals surface area contributed by atoms with E-state index >= 15 is 0 Å². The molecular weight excluding hydrogens is 440 g/mol. The molecule has 2 aromatic carbocycles. The van der Waals surface area contributed by atoms with E-state index in [1.807, 2.05) is 0 Å². The number of carbonyl (C=O) groups is 1. The fraction of sp³-hybridized carbons (Fsp3) is 0.0714. The average molecular weight is 450 g/mol. The highest BCUT2D eigenvalue weighted by atomic mass is 79.9. The molecule has 2 rings (SSSR count). The molecule has 25 heavy (non-hydrogen) atoms. The zero-order valence-corrected chi connectivity index (χ0v) is 15.7. The number of anilines is 1. The fourth-order valence-electron chi connectivity index (χ4n) is 1.93. The van der Waals surface area contributed by atoms with Crippen molar-refractivity contribution in [2.75, 3.05) is 11.8 Å². The smallest absolute Gasteiger partial charge is 0.339 e. The molecule has 0 aromatic heterocycles. The number of benzene rings is 2.